The lowest BCUT2D eigenvalue weighted by Crippen LogP contribution is -2.01. The molecule has 0 aliphatic rings. The molecule has 0 atom stereocenters. The summed E-state index contributed by atoms with van der Waals surface area (Å²) < 4.78 is 5.86. The third kappa shape index (κ3) is 2.65. The van der Waals surface area contributed by atoms with Gasteiger partial charge in [0.05, 0.1) is 0 Å². The van der Waals surface area contributed by atoms with Gasteiger partial charge in [0, 0.05) is 5.69 Å². The van der Waals surface area contributed by atoms with Gasteiger partial charge in [-0.05, 0) is 49.6 Å². The van der Waals surface area contributed by atoms with Crippen LogP contribution in [0, 0.1) is 20.8 Å². The molecular formula is C16H19NO. The molecule has 18 heavy (non-hydrogen) atoms. The average Bonchev–Trinajstić information content (AvgIpc) is 2.33. The molecule has 0 radical (unpaired) electrons. The zero-order valence-electron chi connectivity index (χ0n) is 11.2. The topological polar surface area (TPSA) is 35.2 Å². The number of anilines is 1. The summed E-state index contributed by atoms with van der Waals surface area (Å²) in [4.78, 5) is 0. The zero-order valence-corrected chi connectivity index (χ0v) is 11.2. The maximum absolute atomic E-state index is 5.88. The van der Waals surface area contributed by atoms with Crippen LogP contribution < -0.4 is 10.5 Å². The van der Waals surface area contributed by atoms with Crippen molar-refractivity contribution >= 4 is 5.69 Å². The smallest absolute Gasteiger partial charge is 0.122 e. The Hall–Kier alpha value is -1.96. The predicted octanol–water partition coefficient (Wildman–Crippen LogP) is 3.77. The van der Waals surface area contributed by atoms with Gasteiger partial charge in [0.1, 0.15) is 12.4 Å². The summed E-state index contributed by atoms with van der Waals surface area (Å²) >= 11 is 0. The molecule has 0 aliphatic carbocycles. The number of benzene rings is 2. The molecule has 0 bridgehead atoms. The number of nitrogens with two attached hydrogens (primary N) is 1. The molecule has 2 aromatic carbocycles. The van der Waals surface area contributed by atoms with E-state index in [1.165, 1.54) is 5.56 Å². The fraction of sp³-hybridized carbons (Fsp3) is 0.250. The molecule has 0 spiro atoms. The number of nitrogen functional groups attached to an aromatic ring is 1. The summed E-state index contributed by atoms with van der Waals surface area (Å²) in [5, 5.41) is 0. The van der Waals surface area contributed by atoms with Crippen LogP contribution in [-0.4, -0.2) is 0 Å². The maximum atomic E-state index is 5.88. The minimum absolute atomic E-state index is 0.556. The molecule has 0 aromatic heterocycles. The highest BCUT2D eigenvalue weighted by Crippen LogP contribution is 2.22. The monoisotopic (exact) mass is 241 g/mol. The summed E-state index contributed by atoms with van der Waals surface area (Å²) in [5.41, 5.74) is 11.3. The number of ether oxygens (including phenoxy) is 1. The second kappa shape index (κ2) is 5.13. The van der Waals surface area contributed by atoms with Crippen LogP contribution in [0.25, 0.3) is 0 Å². The van der Waals surface area contributed by atoms with Gasteiger partial charge in [-0.1, -0.05) is 29.8 Å². The largest absolute Gasteiger partial charge is 0.489 e. The Morgan fingerprint density at radius 1 is 1.06 bits per heavy atom. The normalized spacial score (nSPS) is 10.4. The number of hydrogen-bond acceptors (Lipinski definition) is 2. The van der Waals surface area contributed by atoms with E-state index in [0.29, 0.717) is 6.61 Å². The molecule has 0 aliphatic heterocycles. The third-order valence-corrected chi connectivity index (χ3v) is 3.20. The number of rotatable bonds is 3. The van der Waals surface area contributed by atoms with Crippen molar-refractivity contribution < 1.29 is 4.74 Å². The first kappa shape index (κ1) is 12.5. The first-order valence-corrected chi connectivity index (χ1v) is 6.12. The van der Waals surface area contributed by atoms with Gasteiger partial charge in [0.2, 0.25) is 0 Å². The minimum Gasteiger partial charge on any atom is -0.489 e. The standard InChI is InChI=1S/C16H19NO/c1-11-7-8-16(12(2)9-11)18-10-14-5-4-6-15(17)13(14)3/h4-9H,10,17H2,1-3H3. The van der Waals surface area contributed by atoms with Crippen LogP contribution in [0.4, 0.5) is 5.69 Å². The van der Waals surface area contributed by atoms with Crippen LogP contribution in [0.5, 0.6) is 5.75 Å². The van der Waals surface area contributed by atoms with E-state index in [4.69, 9.17) is 10.5 Å². The molecule has 0 saturated carbocycles. The van der Waals surface area contributed by atoms with E-state index >= 15 is 0 Å². The number of hydrogen-bond donors (Lipinski definition) is 1. The van der Waals surface area contributed by atoms with Crippen LogP contribution >= 0.6 is 0 Å². The Bertz CT molecular complexity index is 561. The Labute approximate surface area is 108 Å². The molecule has 2 heteroatoms. The maximum Gasteiger partial charge on any atom is 0.122 e. The molecule has 2 rings (SSSR count). The fourth-order valence-electron chi connectivity index (χ4n) is 1.98. The average molecular weight is 241 g/mol. The molecule has 2 nitrogen and oxygen atoms in total. The zero-order chi connectivity index (χ0) is 13.1. The van der Waals surface area contributed by atoms with Crippen LogP contribution in [0.2, 0.25) is 0 Å². The van der Waals surface area contributed by atoms with Crippen molar-refractivity contribution in [3.8, 4) is 5.75 Å². The molecule has 0 saturated heterocycles. The first-order valence-electron chi connectivity index (χ1n) is 6.12. The first-order chi connectivity index (χ1) is 8.58. The summed E-state index contributed by atoms with van der Waals surface area (Å²) in [6.45, 7) is 6.73. The van der Waals surface area contributed by atoms with Gasteiger partial charge in [0.25, 0.3) is 0 Å². The van der Waals surface area contributed by atoms with Crippen LogP contribution in [-0.2, 0) is 6.61 Å². The summed E-state index contributed by atoms with van der Waals surface area (Å²) in [6.07, 6.45) is 0. The van der Waals surface area contributed by atoms with Crippen LogP contribution in [0.15, 0.2) is 36.4 Å². The Morgan fingerprint density at radius 3 is 2.56 bits per heavy atom. The van der Waals surface area contributed by atoms with Gasteiger partial charge in [-0.25, -0.2) is 0 Å². The molecule has 94 valence electrons. The molecular weight excluding hydrogens is 222 g/mol. The molecule has 0 heterocycles. The Kier molecular flexibility index (Phi) is 3.56. The van der Waals surface area contributed by atoms with E-state index in [-0.39, 0.29) is 0 Å². The highest BCUT2D eigenvalue weighted by molar-refractivity contribution is 5.50. The van der Waals surface area contributed by atoms with Crippen LogP contribution in [0.3, 0.4) is 0 Å². The van der Waals surface area contributed by atoms with Crippen molar-refractivity contribution in [2.45, 2.75) is 27.4 Å². The summed E-state index contributed by atoms with van der Waals surface area (Å²) in [5.74, 6) is 0.933. The Morgan fingerprint density at radius 2 is 1.83 bits per heavy atom. The van der Waals surface area contributed by atoms with E-state index in [2.05, 4.69) is 32.0 Å². The second-order valence-electron chi connectivity index (χ2n) is 4.69. The van der Waals surface area contributed by atoms with Crippen molar-refractivity contribution in [1.82, 2.24) is 0 Å². The third-order valence-electron chi connectivity index (χ3n) is 3.20. The minimum atomic E-state index is 0.556. The second-order valence-corrected chi connectivity index (χ2v) is 4.69. The summed E-state index contributed by atoms with van der Waals surface area (Å²) in [7, 11) is 0. The van der Waals surface area contributed by atoms with Crippen LogP contribution in [0.1, 0.15) is 22.3 Å². The van der Waals surface area contributed by atoms with E-state index in [1.54, 1.807) is 0 Å². The molecule has 0 amide bonds. The van der Waals surface area contributed by atoms with Crippen molar-refractivity contribution in [1.29, 1.82) is 0 Å². The van der Waals surface area contributed by atoms with Gasteiger partial charge >= 0.3 is 0 Å². The molecule has 2 N–H and O–H groups in total. The van der Waals surface area contributed by atoms with Crippen molar-refractivity contribution in [2.24, 2.45) is 0 Å². The van der Waals surface area contributed by atoms with Gasteiger partial charge in [-0.15, -0.1) is 0 Å². The van der Waals surface area contributed by atoms with E-state index in [0.717, 1.165) is 28.1 Å². The fourth-order valence-corrected chi connectivity index (χ4v) is 1.98. The van der Waals surface area contributed by atoms with E-state index in [1.807, 2.05) is 25.1 Å². The van der Waals surface area contributed by atoms with Gasteiger partial charge in [-0.3, -0.25) is 0 Å². The summed E-state index contributed by atoms with van der Waals surface area (Å²) in [6, 6.07) is 12.1. The highest BCUT2D eigenvalue weighted by Gasteiger charge is 2.04. The lowest BCUT2D eigenvalue weighted by atomic mass is 10.1. The van der Waals surface area contributed by atoms with Gasteiger partial charge in [-0.2, -0.15) is 0 Å². The van der Waals surface area contributed by atoms with Gasteiger partial charge in [0.15, 0.2) is 0 Å². The molecule has 0 unspecified atom stereocenters. The van der Waals surface area contributed by atoms with E-state index in [9.17, 15) is 0 Å². The van der Waals surface area contributed by atoms with Gasteiger partial charge < -0.3 is 10.5 Å². The Balaban J connectivity index is 2.14. The van der Waals surface area contributed by atoms with Crippen molar-refractivity contribution in [3.05, 3.63) is 58.7 Å². The SMILES string of the molecule is Cc1ccc(OCc2cccc(N)c2C)c(C)c1. The van der Waals surface area contributed by atoms with Crippen molar-refractivity contribution in [3.63, 3.8) is 0 Å². The highest BCUT2D eigenvalue weighted by atomic mass is 16.5. The number of aryl methyl sites for hydroxylation is 2. The lowest BCUT2D eigenvalue weighted by molar-refractivity contribution is 0.303. The van der Waals surface area contributed by atoms with E-state index < -0.39 is 0 Å². The lowest BCUT2D eigenvalue weighted by Gasteiger charge is -2.12. The predicted molar refractivity (Wildman–Crippen MR) is 75.8 cm³/mol. The van der Waals surface area contributed by atoms with Crippen molar-refractivity contribution in [2.75, 3.05) is 5.73 Å². The quantitative estimate of drug-likeness (QED) is 0.830. The molecule has 0 fully saturated rings. The molecule has 2 aromatic rings.